The highest BCUT2D eigenvalue weighted by molar-refractivity contribution is 6.19. The molecular formula is C39H34O14. The van der Waals surface area contributed by atoms with Crippen LogP contribution < -0.4 is 9.47 Å². The number of aromatic hydroxyl groups is 7. The number of esters is 1. The first-order valence-electron chi connectivity index (χ1n) is 15.8. The van der Waals surface area contributed by atoms with Crippen molar-refractivity contribution in [3.05, 3.63) is 125 Å². The van der Waals surface area contributed by atoms with Crippen LogP contribution in [0.3, 0.4) is 0 Å². The third kappa shape index (κ3) is 7.96. The predicted molar refractivity (Wildman–Crippen MR) is 186 cm³/mol. The van der Waals surface area contributed by atoms with Gasteiger partial charge in [0.2, 0.25) is 5.78 Å². The number of ketones is 2. The quantitative estimate of drug-likeness (QED) is 0.0542. The molecule has 4 aromatic rings. The molecule has 0 saturated carbocycles. The third-order valence-electron chi connectivity index (χ3n) is 8.40. The van der Waals surface area contributed by atoms with Crippen molar-refractivity contribution in [2.75, 3.05) is 14.2 Å². The molecule has 1 aliphatic heterocycles. The summed E-state index contributed by atoms with van der Waals surface area (Å²) in [7, 11) is 2.95. The zero-order chi connectivity index (χ0) is 38.6. The summed E-state index contributed by atoms with van der Waals surface area (Å²) < 4.78 is 21.4. The summed E-state index contributed by atoms with van der Waals surface area (Å²) in [5.41, 5.74) is 1.58. The Balaban J connectivity index is 0.000000224. The Morgan fingerprint density at radius 2 is 1.47 bits per heavy atom. The highest BCUT2D eigenvalue weighted by Gasteiger charge is 2.37. The molecule has 14 nitrogen and oxygen atoms in total. The van der Waals surface area contributed by atoms with E-state index in [1.54, 1.807) is 25.3 Å². The van der Waals surface area contributed by atoms with Crippen molar-refractivity contribution >= 4 is 17.5 Å². The number of benzene rings is 4. The number of methoxy groups -OCH3 is 2. The molecule has 1 aliphatic carbocycles. The Morgan fingerprint density at radius 3 is 2.08 bits per heavy atom. The number of phenols is 7. The van der Waals surface area contributed by atoms with Gasteiger partial charge in [0.25, 0.3) is 0 Å². The largest absolute Gasteiger partial charge is 0.508 e. The van der Waals surface area contributed by atoms with Gasteiger partial charge < -0.3 is 54.7 Å². The average molecular weight is 727 g/mol. The van der Waals surface area contributed by atoms with E-state index in [2.05, 4.69) is 6.58 Å². The van der Waals surface area contributed by atoms with Gasteiger partial charge in [0.05, 0.1) is 19.8 Å². The average Bonchev–Trinajstić information content (AvgIpc) is 3.13. The van der Waals surface area contributed by atoms with Crippen molar-refractivity contribution in [2.24, 2.45) is 0 Å². The molecule has 0 amide bonds. The third-order valence-corrected chi connectivity index (χ3v) is 8.40. The minimum Gasteiger partial charge on any atom is -0.508 e. The van der Waals surface area contributed by atoms with Crippen LogP contribution >= 0.6 is 0 Å². The second-order valence-electron chi connectivity index (χ2n) is 11.8. The number of hydrogen-bond acceptors (Lipinski definition) is 14. The molecule has 4 aromatic carbocycles. The summed E-state index contributed by atoms with van der Waals surface area (Å²) >= 11 is 0. The first kappa shape index (κ1) is 37.2. The Morgan fingerprint density at radius 1 is 0.792 bits per heavy atom. The molecule has 0 spiro atoms. The molecule has 53 heavy (non-hydrogen) atoms. The monoisotopic (exact) mass is 726 g/mol. The molecule has 0 saturated heterocycles. The molecule has 0 aromatic heterocycles. The van der Waals surface area contributed by atoms with E-state index in [1.165, 1.54) is 43.5 Å². The Bertz CT molecular complexity index is 2130. The highest BCUT2D eigenvalue weighted by Crippen LogP contribution is 2.44. The molecule has 1 heterocycles. The fourth-order valence-electron chi connectivity index (χ4n) is 5.69. The molecule has 274 valence electrons. The fourth-order valence-corrected chi connectivity index (χ4v) is 5.69. The van der Waals surface area contributed by atoms with Gasteiger partial charge in [-0.25, -0.2) is 4.79 Å². The SMILES string of the molecule is C=CC(C1=CC(=O)C(OC)=CC1=O)c1ccc(OC)cc1.O=C(OC1Cc2c(O)cc(O)cc2OC1c1ccc(O)c(O)c1)c1cc(O)c(O)c(O)c1. The van der Waals surface area contributed by atoms with Crippen molar-refractivity contribution in [1.82, 2.24) is 0 Å². The summed E-state index contributed by atoms with van der Waals surface area (Å²) in [6, 6.07) is 15.4. The van der Waals surface area contributed by atoms with E-state index in [9.17, 15) is 50.1 Å². The molecule has 0 bridgehead atoms. The maximum absolute atomic E-state index is 12.7. The van der Waals surface area contributed by atoms with Gasteiger partial charge in [-0.1, -0.05) is 24.3 Å². The van der Waals surface area contributed by atoms with Gasteiger partial charge in [-0.05, 0) is 48.0 Å². The van der Waals surface area contributed by atoms with Crippen LogP contribution in [0.2, 0.25) is 0 Å². The number of carbonyl (C=O) groups excluding carboxylic acids is 3. The number of fused-ring (bicyclic) bond motifs is 1. The van der Waals surface area contributed by atoms with Crippen molar-refractivity contribution in [3.8, 4) is 51.7 Å². The number of rotatable bonds is 8. The van der Waals surface area contributed by atoms with Gasteiger partial charge in [0.15, 0.2) is 46.4 Å². The zero-order valence-electron chi connectivity index (χ0n) is 28.2. The van der Waals surface area contributed by atoms with Crippen molar-refractivity contribution in [1.29, 1.82) is 0 Å². The number of carbonyl (C=O) groups is 3. The van der Waals surface area contributed by atoms with Crippen LogP contribution in [-0.2, 0) is 25.5 Å². The standard InChI is InChI=1S/C22H18O10.C17H16O4/c23-11-6-14(25)12-8-19(32-22(30)10-4-16(27)20(29)17(28)5-10)21(31-18(12)7-11)9-1-2-13(24)15(26)3-9;1-4-13(11-5-7-12(20-2)8-6-11)14-9-16(19)17(21-3)10-15(14)18/h1-7,19,21,23-29H,8H2;4-10,13H,1H2,2-3H3. The van der Waals surface area contributed by atoms with Gasteiger partial charge in [-0.15, -0.1) is 6.58 Å². The van der Waals surface area contributed by atoms with Crippen LogP contribution in [-0.4, -0.2) is 73.6 Å². The molecule has 3 unspecified atom stereocenters. The maximum Gasteiger partial charge on any atom is 0.338 e. The van der Waals surface area contributed by atoms with E-state index in [-0.39, 0.29) is 63.8 Å². The minimum absolute atomic E-state index is 0.0461. The summed E-state index contributed by atoms with van der Waals surface area (Å²) in [6.07, 6.45) is 2.06. The van der Waals surface area contributed by atoms with Crippen LogP contribution in [0.4, 0.5) is 0 Å². The van der Waals surface area contributed by atoms with Crippen molar-refractivity contribution < 1.29 is 69.1 Å². The Labute approximate surface area is 302 Å². The molecule has 6 rings (SSSR count). The highest BCUT2D eigenvalue weighted by atomic mass is 16.6. The molecule has 2 aliphatic rings. The summed E-state index contributed by atoms with van der Waals surface area (Å²) in [5.74, 6) is -4.55. The van der Waals surface area contributed by atoms with E-state index >= 15 is 0 Å². The fraction of sp³-hybridized carbons (Fsp3) is 0.154. The van der Waals surface area contributed by atoms with E-state index in [0.29, 0.717) is 11.1 Å². The first-order chi connectivity index (χ1) is 25.2. The summed E-state index contributed by atoms with van der Waals surface area (Å²) in [6.45, 7) is 3.77. The number of phenolic OH excluding ortho intramolecular Hbond substituents is 7. The van der Waals surface area contributed by atoms with Gasteiger partial charge in [-0.3, -0.25) is 9.59 Å². The Hall–Kier alpha value is -7.09. The predicted octanol–water partition coefficient (Wildman–Crippen LogP) is 5.10. The Kier molecular flexibility index (Phi) is 10.8. The van der Waals surface area contributed by atoms with Gasteiger partial charge in [0, 0.05) is 47.2 Å². The number of ether oxygens (including phenoxy) is 4. The van der Waals surface area contributed by atoms with E-state index in [1.807, 2.05) is 12.1 Å². The topological polar surface area (TPSA) is 230 Å². The molecule has 3 atom stereocenters. The van der Waals surface area contributed by atoms with Gasteiger partial charge in [0.1, 0.15) is 29.1 Å². The van der Waals surface area contributed by atoms with Crippen molar-refractivity contribution in [2.45, 2.75) is 24.5 Å². The van der Waals surface area contributed by atoms with Crippen LogP contribution in [0.15, 0.2) is 103 Å². The lowest BCUT2D eigenvalue weighted by Crippen LogP contribution is -2.34. The molecular weight excluding hydrogens is 692 g/mol. The number of allylic oxidation sites excluding steroid dienone is 4. The van der Waals surface area contributed by atoms with Crippen LogP contribution in [0, 0.1) is 0 Å². The van der Waals surface area contributed by atoms with Crippen molar-refractivity contribution in [3.63, 3.8) is 0 Å². The van der Waals surface area contributed by atoms with Crippen LogP contribution in [0.1, 0.15) is 39.1 Å². The van der Waals surface area contributed by atoms with Crippen LogP contribution in [0.25, 0.3) is 0 Å². The lowest BCUT2D eigenvalue weighted by atomic mass is 9.85. The second-order valence-corrected chi connectivity index (χ2v) is 11.8. The lowest BCUT2D eigenvalue weighted by molar-refractivity contribution is -0.117. The molecule has 0 fully saturated rings. The smallest absolute Gasteiger partial charge is 0.338 e. The minimum atomic E-state index is -1.06. The summed E-state index contributed by atoms with van der Waals surface area (Å²) in [4.78, 5) is 36.7. The van der Waals surface area contributed by atoms with E-state index in [4.69, 9.17) is 18.9 Å². The lowest BCUT2D eigenvalue weighted by Gasteiger charge is -2.34. The molecule has 0 radical (unpaired) electrons. The van der Waals surface area contributed by atoms with Crippen LogP contribution in [0.5, 0.6) is 51.7 Å². The zero-order valence-corrected chi connectivity index (χ0v) is 28.2. The second kappa shape index (κ2) is 15.4. The molecule has 14 heteroatoms. The van der Waals surface area contributed by atoms with Gasteiger partial charge >= 0.3 is 5.97 Å². The molecule has 7 N–H and O–H groups in total. The van der Waals surface area contributed by atoms with E-state index in [0.717, 1.165) is 29.5 Å². The maximum atomic E-state index is 12.7. The van der Waals surface area contributed by atoms with E-state index < -0.39 is 41.2 Å². The number of hydrogen-bond donors (Lipinski definition) is 7. The summed E-state index contributed by atoms with van der Waals surface area (Å²) in [5, 5.41) is 68.2. The van der Waals surface area contributed by atoms with Gasteiger partial charge in [-0.2, -0.15) is 0 Å². The first-order valence-corrected chi connectivity index (χ1v) is 15.8. The normalized spacial score (nSPS) is 16.7.